The van der Waals surface area contributed by atoms with Gasteiger partial charge in [-0.3, -0.25) is 9.59 Å². The molecule has 8 nitrogen and oxygen atoms in total. The van der Waals surface area contributed by atoms with Gasteiger partial charge in [-0.2, -0.15) is 9.78 Å². The van der Waals surface area contributed by atoms with Crippen molar-refractivity contribution in [3.8, 4) is 5.69 Å². The average Bonchev–Trinajstić information content (AvgIpc) is 3.33. The Balaban J connectivity index is 1.83. The Morgan fingerprint density at radius 3 is 2.59 bits per heavy atom. The van der Waals surface area contributed by atoms with Gasteiger partial charge >= 0.3 is 5.69 Å². The molecule has 4 rings (SSSR count). The molecule has 9 heteroatoms. The molecule has 2 heterocycles. The number of halogens is 1. The molecule has 32 heavy (non-hydrogen) atoms. The first-order chi connectivity index (χ1) is 15.5. The number of ether oxygens (including phenoxy) is 1. The Morgan fingerprint density at radius 2 is 1.91 bits per heavy atom. The lowest BCUT2D eigenvalue weighted by atomic mass is 10.1. The van der Waals surface area contributed by atoms with Crippen LogP contribution in [0.1, 0.15) is 41.9 Å². The summed E-state index contributed by atoms with van der Waals surface area (Å²) in [6.07, 6.45) is 1.57. The monoisotopic (exact) mass is 438 g/mol. The zero-order chi connectivity index (χ0) is 22.7. The number of benzene rings is 2. The lowest BCUT2D eigenvalue weighted by molar-refractivity contribution is 0.0849. The third-order valence-corrected chi connectivity index (χ3v) is 5.49. The zero-order valence-electron chi connectivity index (χ0n) is 17.5. The van der Waals surface area contributed by atoms with E-state index in [9.17, 15) is 18.8 Å². The number of nitrogens with zero attached hydrogens (tertiary/aromatic N) is 3. The lowest BCUT2D eigenvalue weighted by Crippen LogP contribution is -2.47. The largest absolute Gasteiger partial charge is 0.376 e. The van der Waals surface area contributed by atoms with Gasteiger partial charge in [0.05, 0.1) is 12.1 Å². The van der Waals surface area contributed by atoms with Gasteiger partial charge in [0.1, 0.15) is 11.5 Å². The predicted molar refractivity (Wildman–Crippen MR) is 116 cm³/mol. The van der Waals surface area contributed by atoms with E-state index < -0.39 is 34.7 Å². The Morgan fingerprint density at radius 1 is 1.19 bits per heavy atom. The summed E-state index contributed by atoms with van der Waals surface area (Å²) >= 11 is 0. The summed E-state index contributed by atoms with van der Waals surface area (Å²) in [6.45, 7) is 2.50. The van der Waals surface area contributed by atoms with Gasteiger partial charge in [0, 0.05) is 13.2 Å². The van der Waals surface area contributed by atoms with Gasteiger partial charge in [-0.1, -0.05) is 42.5 Å². The summed E-state index contributed by atoms with van der Waals surface area (Å²) in [5, 5.41) is 6.61. The number of para-hydroxylation sites is 1. The van der Waals surface area contributed by atoms with Crippen LogP contribution in [0.4, 0.5) is 4.39 Å². The third kappa shape index (κ3) is 4.24. The second-order valence-corrected chi connectivity index (χ2v) is 7.60. The molecule has 1 aromatic heterocycles. The molecule has 2 aromatic carbocycles. The van der Waals surface area contributed by atoms with E-state index in [4.69, 9.17) is 4.74 Å². The molecular formula is C23H23FN4O4. The highest BCUT2D eigenvalue weighted by Crippen LogP contribution is 2.15. The maximum absolute atomic E-state index is 14.5. The highest BCUT2D eigenvalue weighted by Gasteiger charge is 2.25. The molecule has 0 unspecified atom stereocenters. The molecule has 0 saturated carbocycles. The molecule has 1 saturated heterocycles. The van der Waals surface area contributed by atoms with Gasteiger partial charge in [0.2, 0.25) is 5.69 Å². The van der Waals surface area contributed by atoms with Crippen LogP contribution in [0.15, 0.2) is 64.2 Å². The van der Waals surface area contributed by atoms with Crippen LogP contribution in [0.5, 0.6) is 0 Å². The summed E-state index contributed by atoms with van der Waals surface area (Å²) in [7, 11) is 0. The van der Waals surface area contributed by atoms with Crippen molar-refractivity contribution < 1.29 is 13.9 Å². The van der Waals surface area contributed by atoms with Crippen LogP contribution in [-0.4, -0.2) is 39.5 Å². The van der Waals surface area contributed by atoms with E-state index >= 15 is 0 Å². The van der Waals surface area contributed by atoms with E-state index in [0.29, 0.717) is 12.2 Å². The molecule has 1 aliphatic rings. The number of hydrogen-bond donors (Lipinski definition) is 1. The fourth-order valence-electron chi connectivity index (χ4n) is 3.73. The van der Waals surface area contributed by atoms with E-state index in [2.05, 4.69) is 10.4 Å². The minimum Gasteiger partial charge on any atom is -0.376 e. The van der Waals surface area contributed by atoms with Crippen molar-refractivity contribution in [2.75, 3.05) is 13.2 Å². The predicted octanol–water partition coefficient (Wildman–Crippen LogP) is 2.05. The first kappa shape index (κ1) is 21.6. The Hall–Kier alpha value is -3.59. The number of aromatic nitrogens is 3. The maximum atomic E-state index is 14.5. The van der Waals surface area contributed by atoms with E-state index in [1.54, 1.807) is 37.3 Å². The van der Waals surface area contributed by atoms with E-state index in [1.807, 2.05) is 6.07 Å². The third-order valence-electron chi connectivity index (χ3n) is 5.49. The van der Waals surface area contributed by atoms with Gasteiger partial charge in [-0.15, -0.1) is 0 Å². The van der Waals surface area contributed by atoms with Crippen molar-refractivity contribution in [2.45, 2.75) is 31.9 Å². The second kappa shape index (κ2) is 9.27. The van der Waals surface area contributed by atoms with Gasteiger partial charge in [0.25, 0.3) is 11.5 Å². The fraction of sp³-hybridized carbons (Fsp3) is 0.304. The zero-order valence-corrected chi connectivity index (χ0v) is 17.5. The van der Waals surface area contributed by atoms with Crippen LogP contribution < -0.4 is 16.6 Å². The van der Waals surface area contributed by atoms with Crippen LogP contribution in [0.25, 0.3) is 5.69 Å². The Labute approximate surface area is 183 Å². The molecule has 0 aliphatic carbocycles. The van der Waals surface area contributed by atoms with Gasteiger partial charge in [0.15, 0.2) is 0 Å². The topological polar surface area (TPSA) is 95.2 Å². The highest BCUT2D eigenvalue weighted by atomic mass is 19.1. The van der Waals surface area contributed by atoms with E-state index in [-0.39, 0.29) is 18.3 Å². The van der Waals surface area contributed by atoms with Crippen molar-refractivity contribution in [3.63, 3.8) is 0 Å². The molecule has 0 bridgehead atoms. The summed E-state index contributed by atoms with van der Waals surface area (Å²) in [6, 6.07) is 13.8. The lowest BCUT2D eigenvalue weighted by Gasteiger charge is -2.18. The molecule has 2 atom stereocenters. The number of rotatable bonds is 6. The smallest absolute Gasteiger partial charge is 0.352 e. The molecule has 0 radical (unpaired) electrons. The van der Waals surface area contributed by atoms with Crippen molar-refractivity contribution >= 4 is 5.91 Å². The minimum atomic E-state index is -0.844. The number of hydrogen-bond acceptors (Lipinski definition) is 5. The molecule has 1 fully saturated rings. The number of carbonyl (C=O) groups excluding carboxylic acids is 1. The summed E-state index contributed by atoms with van der Waals surface area (Å²) in [5.41, 5.74) is -1.65. The van der Waals surface area contributed by atoms with E-state index in [1.165, 1.54) is 18.2 Å². The van der Waals surface area contributed by atoms with Crippen molar-refractivity contribution in [2.24, 2.45) is 0 Å². The summed E-state index contributed by atoms with van der Waals surface area (Å²) in [5.74, 6) is -1.45. The van der Waals surface area contributed by atoms with Gasteiger partial charge < -0.3 is 10.1 Å². The first-order valence-electron chi connectivity index (χ1n) is 10.4. The highest BCUT2D eigenvalue weighted by molar-refractivity contribution is 5.91. The van der Waals surface area contributed by atoms with Crippen molar-refractivity contribution in [3.05, 3.63) is 92.5 Å². The Bertz CT molecular complexity index is 1230. The van der Waals surface area contributed by atoms with Crippen LogP contribution in [-0.2, 0) is 4.74 Å². The van der Waals surface area contributed by atoms with Crippen LogP contribution in [0, 0.1) is 5.82 Å². The number of carbonyl (C=O) groups is 1. The van der Waals surface area contributed by atoms with Gasteiger partial charge in [-0.05, 0) is 37.5 Å². The molecular weight excluding hydrogens is 415 g/mol. The van der Waals surface area contributed by atoms with Crippen LogP contribution in [0.3, 0.4) is 0 Å². The normalized spacial score (nSPS) is 16.6. The Kier molecular flexibility index (Phi) is 6.27. The maximum Gasteiger partial charge on any atom is 0.352 e. The van der Waals surface area contributed by atoms with Gasteiger partial charge in [-0.25, -0.2) is 13.8 Å². The summed E-state index contributed by atoms with van der Waals surface area (Å²) < 4.78 is 21.7. The molecule has 1 N–H and O–H groups in total. The molecule has 3 aromatic rings. The standard InChI is InChI=1S/C23H23FN4O4/c1-15(16-8-3-2-4-9-16)27-22(30)20(21(29)25-14-17-10-7-13-32-17)26-28(23(27)31)19-12-6-5-11-18(19)24/h2-6,8-9,11-12,15,17H,7,10,13-14H2,1H3,(H,25,29)/t15-,17-/m0/s1. The van der Waals surface area contributed by atoms with Crippen LogP contribution in [0.2, 0.25) is 0 Å². The van der Waals surface area contributed by atoms with E-state index in [0.717, 1.165) is 22.1 Å². The molecule has 0 spiro atoms. The molecule has 1 aliphatic heterocycles. The SMILES string of the molecule is C[C@@H](c1ccccc1)n1c(=O)c(C(=O)NC[C@@H]2CCCO2)nn(-c2ccccc2F)c1=O. The second-order valence-electron chi connectivity index (χ2n) is 7.60. The quantitative estimate of drug-likeness (QED) is 0.636. The number of nitrogens with one attached hydrogen (secondary N) is 1. The number of amides is 1. The molecule has 1 amide bonds. The fourth-order valence-corrected chi connectivity index (χ4v) is 3.73. The minimum absolute atomic E-state index is 0.137. The average molecular weight is 438 g/mol. The summed E-state index contributed by atoms with van der Waals surface area (Å²) in [4.78, 5) is 39.3. The van der Waals surface area contributed by atoms with Crippen LogP contribution >= 0.6 is 0 Å². The first-order valence-corrected chi connectivity index (χ1v) is 10.4. The van der Waals surface area contributed by atoms with Crippen molar-refractivity contribution in [1.29, 1.82) is 0 Å². The molecule has 166 valence electrons. The van der Waals surface area contributed by atoms with Crippen molar-refractivity contribution in [1.82, 2.24) is 19.7 Å².